The second kappa shape index (κ2) is 7.66. The average molecular weight is 358 g/mol. The highest BCUT2D eigenvalue weighted by Crippen LogP contribution is 2.22. The lowest BCUT2D eigenvalue weighted by Crippen LogP contribution is -2.47. The van der Waals surface area contributed by atoms with Crippen molar-refractivity contribution in [3.8, 4) is 0 Å². The predicted molar refractivity (Wildman–Crippen MR) is 87.3 cm³/mol. The Kier molecular flexibility index (Phi) is 5.85. The number of hydrogen-bond donors (Lipinski definition) is 2. The third-order valence-corrected chi connectivity index (χ3v) is 4.50. The first-order valence-corrected chi connectivity index (χ1v) is 7.94. The molecule has 0 aliphatic carbocycles. The molecular weight excluding hydrogens is 341 g/mol. The van der Waals surface area contributed by atoms with Crippen LogP contribution in [-0.2, 0) is 9.59 Å². The normalized spacial score (nSPS) is 17.7. The molecule has 1 unspecified atom stereocenters. The lowest BCUT2D eigenvalue weighted by atomic mass is 9.97. The Morgan fingerprint density at radius 2 is 2.00 bits per heavy atom. The number of likely N-dealkylation sites (tertiary alicyclic amines) is 1. The lowest BCUT2D eigenvalue weighted by molar-refractivity contribution is -0.134. The molecule has 1 aliphatic rings. The number of benzene rings is 1. The standard InChI is InChI=1S/C15H17Cl2N3O3/c16-11-4-3-9(6-12(11)17)15(23)19-7-13(21)20-5-1-2-10(8-20)14(18)22/h3-4,6,10H,1-2,5,7-8H2,(H2,18,22)(H,19,23). The van der Waals surface area contributed by atoms with Crippen LogP contribution in [0.4, 0.5) is 0 Å². The van der Waals surface area contributed by atoms with Gasteiger partial charge in [0.2, 0.25) is 11.8 Å². The third-order valence-electron chi connectivity index (χ3n) is 3.76. The number of nitrogens with two attached hydrogens (primary N) is 1. The van der Waals surface area contributed by atoms with Crippen molar-refractivity contribution in [2.75, 3.05) is 19.6 Å². The maximum Gasteiger partial charge on any atom is 0.251 e. The Morgan fingerprint density at radius 3 is 2.65 bits per heavy atom. The largest absolute Gasteiger partial charge is 0.369 e. The zero-order valence-electron chi connectivity index (χ0n) is 12.4. The van der Waals surface area contributed by atoms with Gasteiger partial charge in [-0.05, 0) is 31.0 Å². The van der Waals surface area contributed by atoms with E-state index < -0.39 is 11.8 Å². The summed E-state index contributed by atoms with van der Waals surface area (Å²) in [5, 5.41) is 3.16. The molecule has 0 spiro atoms. The molecule has 1 aromatic carbocycles. The van der Waals surface area contributed by atoms with E-state index in [0.717, 1.165) is 6.42 Å². The van der Waals surface area contributed by atoms with Crippen molar-refractivity contribution in [1.29, 1.82) is 0 Å². The van der Waals surface area contributed by atoms with Crippen molar-refractivity contribution >= 4 is 40.9 Å². The molecule has 0 radical (unpaired) electrons. The number of rotatable bonds is 4. The minimum atomic E-state index is -0.416. The minimum absolute atomic E-state index is 0.148. The molecule has 0 saturated carbocycles. The van der Waals surface area contributed by atoms with E-state index in [2.05, 4.69) is 5.32 Å². The van der Waals surface area contributed by atoms with E-state index in [0.29, 0.717) is 30.1 Å². The summed E-state index contributed by atoms with van der Waals surface area (Å²) in [5.41, 5.74) is 5.60. The fraction of sp³-hybridized carbons (Fsp3) is 0.400. The summed E-state index contributed by atoms with van der Waals surface area (Å²) in [7, 11) is 0. The van der Waals surface area contributed by atoms with Gasteiger partial charge in [0, 0.05) is 18.7 Å². The summed E-state index contributed by atoms with van der Waals surface area (Å²) < 4.78 is 0. The summed E-state index contributed by atoms with van der Waals surface area (Å²) in [6.45, 7) is 0.715. The van der Waals surface area contributed by atoms with Crippen molar-refractivity contribution in [2.45, 2.75) is 12.8 Å². The van der Waals surface area contributed by atoms with Crippen molar-refractivity contribution in [2.24, 2.45) is 11.7 Å². The number of carbonyl (C=O) groups is 3. The second-order valence-electron chi connectivity index (χ2n) is 5.39. The van der Waals surface area contributed by atoms with E-state index in [1.54, 1.807) is 4.90 Å². The topological polar surface area (TPSA) is 92.5 Å². The summed E-state index contributed by atoms with van der Waals surface area (Å²) in [6, 6.07) is 4.48. The molecule has 1 atom stereocenters. The highest BCUT2D eigenvalue weighted by molar-refractivity contribution is 6.42. The smallest absolute Gasteiger partial charge is 0.251 e. The molecule has 1 fully saturated rings. The Hall–Kier alpha value is -1.79. The molecule has 6 nitrogen and oxygen atoms in total. The molecule has 124 valence electrons. The van der Waals surface area contributed by atoms with Crippen LogP contribution in [0.1, 0.15) is 23.2 Å². The van der Waals surface area contributed by atoms with Crippen molar-refractivity contribution in [3.05, 3.63) is 33.8 Å². The van der Waals surface area contributed by atoms with E-state index >= 15 is 0 Å². The van der Waals surface area contributed by atoms with Gasteiger partial charge >= 0.3 is 0 Å². The molecule has 0 bridgehead atoms. The Morgan fingerprint density at radius 1 is 1.26 bits per heavy atom. The second-order valence-corrected chi connectivity index (χ2v) is 6.21. The summed E-state index contributed by atoms with van der Waals surface area (Å²) in [4.78, 5) is 36.9. The van der Waals surface area contributed by atoms with Gasteiger partial charge in [-0.3, -0.25) is 14.4 Å². The van der Waals surface area contributed by atoms with E-state index in [1.807, 2.05) is 0 Å². The highest BCUT2D eigenvalue weighted by Gasteiger charge is 2.26. The number of amides is 3. The Balaban J connectivity index is 1.89. The van der Waals surface area contributed by atoms with Crippen LogP contribution in [0.2, 0.25) is 10.0 Å². The van der Waals surface area contributed by atoms with Gasteiger partial charge in [0.1, 0.15) is 0 Å². The molecule has 3 N–H and O–H groups in total. The molecular formula is C15H17Cl2N3O3. The fourth-order valence-corrected chi connectivity index (χ4v) is 2.74. The van der Waals surface area contributed by atoms with E-state index in [9.17, 15) is 14.4 Å². The molecule has 1 saturated heterocycles. The van der Waals surface area contributed by atoms with Crippen LogP contribution in [0, 0.1) is 5.92 Å². The van der Waals surface area contributed by atoms with Crippen LogP contribution >= 0.6 is 23.2 Å². The maximum atomic E-state index is 12.1. The van der Waals surface area contributed by atoms with E-state index in [-0.39, 0.29) is 23.4 Å². The number of piperidine rings is 1. The summed E-state index contributed by atoms with van der Waals surface area (Å²) in [6.07, 6.45) is 1.41. The molecule has 2 rings (SSSR count). The monoisotopic (exact) mass is 357 g/mol. The van der Waals surface area contributed by atoms with Gasteiger partial charge in [0.25, 0.3) is 5.91 Å². The summed E-state index contributed by atoms with van der Waals surface area (Å²) >= 11 is 11.6. The van der Waals surface area contributed by atoms with Crippen LogP contribution in [0.15, 0.2) is 18.2 Å². The van der Waals surface area contributed by atoms with E-state index in [1.165, 1.54) is 18.2 Å². The number of hydrogen-bond acceptors (Lipinski definition) is 3. The summed E-state index contributed by atoms with van der Waals surface area (Å²) in [5.74, 6) is -1.38. The van der Waals surface area contributed by atoms with Gasteiger partial charge in [0.05, 0.1) is 22.5 Å². The van der Waals surface area contributed by atoms with Crippen LogP contribution in [0.25, 0.3) is 0 Å². The number of primary amides is 1. The first-order chi connectivity index (χ1) is 10.9. The third kappa shape index (κ3) is 4.59. The van der Waals surface area contributed by atoms with Gasteiger partial charge in [-0.1, -0.05) is 23.2 Å². The van der Waals surface area contributed by atoms with Gasteiger partial charge in [0.15, 0.2) is 0 Å². The number of carbonyl (C=O) groups excluding carboxylic acids is 3. The van der Waals surface area contributed by atoms with Crippen LogP contribution < -0.4 is 11.1 Å². The van der Waals surface area contributed by atoms with Crippen molar-refractivity contribution < 1.29 is 14.4 Å². The lowest BCUT2D eigenvalue weighted by Gasteiger charge is -2.31. The van der Waals surface area contributed by atoms with Gasteiger partial charge in [-0.2, -0.15) is 0 Å². The van der Waals surface area contributed by atoms with E-state index in [4.69, 9.17) is 28.9 Å². The average Bonchev–Trinajstić information content (AvgIpc) is 2.54. The zero-order valence-corrected chi connectivity index (χ0v) is 13.9. The number of nitrogens with one attached hydrogen (secondary N) is 1. The number of halogens is 2. The van der Waals surface area contributed by atoms with Crippen molar-refractivity contribution in [1.82, 2.24) is 10.2 Å². The molecule has 23 heavy (non-hydrogen) atoms. The first-order valence-electron chi connectivity index (χ1n) is 7.19. The first kappa shape index (κ1) is 17.6. The highest BCUT2D eigenvalue weighted by atomic mass is 35.5. The molecule has 1 heterocycles. The molecule has 3 amide bonds. The maximum absolute atomic E-state index is 12.1. The van der Waals surface area contributed by atoms with Gasteiger partial charge in [-0.25, -0.2) is 0 Å². The molecule has 1 aliphatic heterocycles. The van der Waals surface area contributed by atoms with Crippen molar-refractivity contribution in [3.63, 3.8) is 0 Å². The SMILES string of the molecule is NC(=O)C1CCCN(C(=O)CNC(=O)c2ccc(Cl)c(Cl)c2)C1. The fourth-order valence-electron chi connectivity index (χ4n) is 2.44. The Labute approximate surface area is 143 Å². The van der Waals surface area contributed by atoms with Crippen LogP contribution in [0.3, 0.4) is 0 Å². The molecule has 0 aromatic heterocycles. The minimum Gasteiger partial charge on any atom is -0.369 e. The predicted octanol–water partition coefficient (Wildman–Crippen LogP) is 1.45. The van der Waals surface area contributed by atoms with Crippen LogP contribution in [0.5, 0.6) is 0 Å². The molecule has 1 aromatic rings. The molecule has 8 heteroatoms. The van der Waals surface area contributed by atoms with Gasteiger partial charge in [-0.15, -0.1) is 0 Å². The van der Waals surface area contributed by atoms with Gasteiger partial charge < -0.3 is 16.0 Å². The number of nitrogens with zero attached hydrogens (tertiary/aromatic N) is 1. The Bertz CT molecular complexity index is 636. The zero-order chi connectivity index (χ0) is 17.0. The van der Waals surface area contributed by atoms with Crippen LogP contribution in [-0.4, -0.2) is 42.3 Å². The quantitative estimate of drug-likeness (QED) is 0.853.